The predicted octanol–water partition coefficient (Wildman–Crippen LogP) is 0.523. The van der Waals surface area contributed by atoms with Crippen LogP contribution in [0.15, 0.2) is 18.2 Å². The standard InChI is InChI=1S/C12H15BNO2/c1-9-2-3-10-5-12(7-15)14(13-8-16)6-11(10)4-9/h2-4,8,12,15H,5-7H2,1H3/t12-/m0/s1. The van der Waals surface area contributed by atoms with Gasteiger partial charge in [0.15, 0.2) is 0 Å². The summed E-state index contributed by atoms with van der Waals surface area (Å²) in [6, 6.07) is 6.38. The molecule has 2 rings (SSSR count). The molecule has 83 valence electrons. The van der Waals surface area contributed by atoms with E-state index in [2.05, 4.69) is 25.1 Å². The van der Waals surface area contributed by atoms with Crippen LogP contribution in [-0.4, -0.2) is 36.2 Å². The van der Waals surface area contributed by atoms with Gasteiger partial charge in [0.2, 0.25) is 0 Å². The van der Waals surface area contributed by atoms with E-state index in [-0.39, 0.29) is 12.6 Å². The van der Waals surface area contributed by atoms with E-state index in [1.807, 2.05) is 4.81 Å². The van der Waals surface area contributed by atoms with Crippen molar-refractivity contribution in [2.24, 2.45) is 0 Å². The molecule has 0 saturated heterocycles. The summed E-state index contributed by atoms with van der Waals surface area (Å²) in [6.45, 7) is 2.85. The second-order valence-corrected chi connectivity index (χ2v) is 4.27. The van der Waals surface area contributed by atoms with Crippen molar-refractivity contribution in [2.45, 2.75) is 25.9 Å². The van der Waals surface area contributed by atoms with Crippen molar-refractivity contribution in [3.8, 4) is 0 Å². The van der Waals surface area contributed by atoms with Crippen LogP contribution in [0.5, 0.6) is 0 Å². The van der Waals surface area contributed by atoms with Crippen molar-refractivity contribution in [3.63, 3.8) is 0 Å². The lowest BCUT2D eigenvalue weighted by molar-refractivity contribution is 0.175. The Hall–Kier alpha value is -1.13. The zero-order chi connectivity index (χ0) is 11.5. The second-order valence-electron chi connectivity index (χ2n) is 4.27. The van der Waals surface area contributed by atoms with Crippen molar-refractivity contribution in [2.75, 3.05) is 6.61 Å². The van der Waals surface area contributed by atoms with Gasteiger partial charge in [0.05, 0.1) is 12.8 Å². The largest absolute Gasteiger partial charge is 0.395 e. The van der Waals surface area contributed by atoms with Gasteiger partial charge in [-0.05, 0) is 24.5 Å². The fourth-order valence-electron chi connectivity index (χ4n) is 2.22. The molecule has 0 unspecified atom stereocenters. The summed E-state index contributed by atoms with van der Waals surface area (Å²) in [7, 11) is 1.52. The molecule has 1 atom stereocenters. The number of aliphatic hydroxyl groups is 1. The zero-order valence-electron chi connectivity index (χ0n) is 9.39. The maximum Gasteiger partial charge on any atom is 0.293 e. The quantitative estimate of drug-likeness (QED) is 0.591. The Morgan fingerprint density at radius 2 is 2.38 bits per heavy atom. The van der Waals surface area contributed by atoms with Crippen molar-refractivity contribution in [3.05, 3.63) is 34.9 Å². The monoisotopic (exact) mass is 216 g/mol. The predicted molar refractivity (Wildman–Crippen MR) is 63.8 cm³/mol. The van der Waals surface area contributed by atoms with Gasteiger partial charge in [-0.2, -0.15) is 0 Å². The Morgan fingerprint density at radius 3 is 3.06 bits per heavy atom. The number of aliphatic hydroxyl groups excluding tert-OH is 1. The SMILES string of the molecule is Cc1ccc2c(c1)CN([B]C=O)[C@H](CO)C2. The van der Waals surface area contributed by atoms with E-state index >= 15 is 0 Å². The summed E-state index contributed by atoms with van der Waals surface area (Å²) in [4.78, 5) is 12.4. The number of nitrogens with zero attached hydrogens (tertiary/aromatic N) is 1. The first-order valence-electron chi connectivity index (χ1n) is 5.48. The van der Waals surface area contributed by atoms with Crippen LogP contribution >= 0.6 is 0 Å². The molecule has 16 heavy (non-hydrogen) atoms. The average molecular weight is 216 g/mol. The van der Waals surface area contributed by atoms with Crippen molar-refractivity contribution < 1.29 is 9.90 Å². The van der Waals surface area contributed by atoms with Gasteiger partial charge in [-0.25, -0.2) is 0 Å². The van der Waals surface area contributed by atoms with Crippen LogP contribution in [0.1, 0.15) is 16.7 Å². The molecule has 0 aliphatic carbocycles. The van der Waals surface area contributed by atoms with E-state index in [4.69, 9.17) is 0 Å². The molecule has 1 N–H and O–H groups in total. The summed E-state index contributed by atoms with van der Waals surface area (Å²) in [5, 5.41) is 9.29. The number of rotatable bonds is 3. The molecule has 4 heteroatoms. The number of carbonyl (C=O) groups is 1. The van der Waals surface area contributed by atoms with Gasteiger partial charge in [0, 0.05) is 12.6 Å². The van der Waals surface area contributed by atoms with Crippen LogP contribution in [0.3, 0.4) is 0 Å². The molecule has 1 aliphatic rings. The second kappa shape index (κ2) is 4.81. The first kappa shape index (κ1) is 11.4. The Kier molecular flexibility index (Phi) is 3.41. The molecular weight excluding hydrogens is 201 g/mol. The number of hydrogen-bond donors (Lipinski definition) is 1. The number of hydrogen-bond acceptors (Lipinski definition) is 3. The minimum atomic E-state index is 0.0282. The molecule has 0 amide bonds. The van der Waals surface area contributed by atoms with Gasteiger partial charge in [0.1, 0.15) is 0 Å². The molecule has 1 aliphatic heterocycles. The minimum Gasteiger partial charge on any atom is -0.395 e. The third-order valence-electron chi connectivity index (χ3n) is 3.10. The molecule has 1 radical (unpaired) electrons. The van der Waals surface area contributed by atoms with Crippen LogP contribution < -0.4 is 0 Å². The fourth-order valence-corrected chi connectivity index (χ4v) is 2.22. The van der Waals surface area contributed by atoms with E-state index in [1.165, 1.54) is 24.1 Å². The lowest BCUT2D eigenvalue weighted by atomic mass is 9.84. The van der Waals surface area contributed by atoms with Gasteiger partial charge in [-0.15, -0.1) is 0 Å². The van der Waals surface area contributed by atoms with Gasteiger partial charge in [-0.1, -0.05) is 23.8 Å². The number of carbonyl (C=O) groups excluding carboxylic acids is 1. The van der Waals surface area contributed by atoms with Crippen LogP contribution in [0.4, 0.5) is 0 Å². The van der Waals surface area contributed by atoms with Gasteiger partial charge in [0.25, 0.3) is 7.41 Å². The van der Waals surface area contributed by atoms with E-state index in [0.29, 0.717) is 6.54 Å². The van der Waals surface area contributed by atoms with Crippen LogP contribution in [0.2, 0.25) is 0 Å². The molecular formula is C12H15BNO2. The number of aryl methyl sites for hydroxylation is 1. The van der Waals surface area contributed by atoms with E-state index < -0.39 is 0 Å². The van der Waals surface area contributed by atoms with Crippen molar-refractivity contribution in [1.29, 1.82) is 0 Å². The van der Waals surface area contributed by atoms with Crippen LogP contribution in [0.25, 0.3) is 0 Å². The van der Waals surface area contributed by atoms with E-state index in [1.54, 1.807) is 0 Å². The average Bonchev–Trinajstić information content (AvgIpc) is 2.28. The minimum absolute atomic E-state index is 0.0282. The number of benzene rings is 1. The molecule has 0 aromatic heterocycles. The highest BCUT2D eigenvalue weighted by atomic mass is 16.3. The molecule has 0 spiro atoms. The molecule has 0 fully saturated rings. The summed E-state index contributed by atoms with van der Waals surface area (Å²) < 4.78 is 0. The van der Waals surface area contributed by atoms with Crippen molar-refractivity contribution >= 4 is 13.6 Å². The van der Waals surface area contributed by atoms with Gasteiger partial charge < -0.3 is 14.7 Å². The fraction of sp³-hybridized carbons (Fsp3) is 0.417. The Bertz CT molecular complexity index is 395. The third-order valence-corrected chi connectivity index (χ3v) is 3.10. The lowest BCUT2D eigenvalue weighted by Crippen LogP contribution is -2.45. The maximum atomic E-state index is 10.5. The number of fused-ring (bicyclic) bond motifs is 1. The highest BCUT2D eigenvalue weighted by Crippen LogP contribution is 2.23. The topological polar surface area (TPSA) is 40.5 Å². The van der Waals surface area contributed by atoms with Crippen molar-refractivity contribution in [1.82, 2.24) is 4.81 Å². The Labute approximate surface area is 96.3 Å². The Balaban J connectivity index is 2.26. The highest BCUT2D eigenvalue weighted by molar-refractivity contribution is 6.64. The summed E-state index contributed by atoms with van der Waals surface area (Å²) in [6.07, 6.45) is 1.58. The molecule has 0 bridgehead atoms. The van der Waals surface area contributed by atoms with Gasteiger partial charge >= 0.3 is 0 Å². The Morgan fingerprint density at radius 1 is 1.56 bits per heavy atom. The lowest BCUT2D eigenvalue weighted by Gasteiger charge is -2.34. The van der Waals surface area contributed by atoms with Gasteiger partial charge in [-0.3, -0.25) is 0 Å². The summed E-state index contributed by atoms with van der Waals surface area (Å²) >= 11 is 0. The first-order chi connectivity index (χ1) is 7.74. The molecule has 3 nitrogen and oxygen atoms in total. The van der Waals surface area contributed by atoms with Crippen LogP contribution in [0, 0.1) is 6.92 Å². The molecule has 1 heterocycles. The van der Waals surface area contributed by atoms with Crippen LogP contribution in [-0.2, 0) is 17.8 Å². The molecule has 1 aromatic rings. The first-order valence-corrected chi connectivity index (χ1v) is 5.48. The maximum absolute atomic E-state index is 10.5. The third kappa shape index (κ3) is 2.18. The van der Waals surface area contributed by atoms with E-state index in [9.17, 15) is 9.90 Å². The highest BCUT2D eigenvalue weighted by Gasteiger charge is 2.25. The zero-order valence-corrected chi connectivity index (χ0v) is 9.39. The molecule has 1 aromatic carbocycles. The summed E-state index contributed by atoms with van der Waals surface area (Å²) in [5.41, 5.74) is 3.76. The molecule has 0 saturated carbocycles. The van der Waals surface area contributed by atoms with E-state index in [0.717, 1.165) is 12.6 Å². The normalized spacial score (nSPS) is 20.2. The summed E-state index contributed by atoms with van der Waals surface area (Å²) in [5.74, 6) is 0. The smallest absolute Gasteiger partial charge is 0.293 e.